The maximum absolute atomic E-state index is 15.0. The Morgan fingerprint density at radius 3 is 2.52 bits per heavy atom. The second-order valence-corrected chi connectivity index (χ2v) is 14.8. The summed E-state index contributed by atoms with van der Waals surface area (Å²) in [4.78, 5) is 59.2. The molecular formula is C38H45BrClN3O7. The fraction of sp³-hybridized carbons (Fsp3) is 0.474. The standard InChI is InChI=1S/C38H45BrClN3O7/c1-5-8-18-30(45)41-21-29(24-14-10-9-11-15-24)49-37(48)31-32-35(46)43(28(22-44)23(4)7-3)34(38(32)20-25(39)33(31)50-38)36(47)42(19-6-2)27-17-13-12-16-26(27)40/h5-6,9-17,23,25,28-29,31-34,44H,1-2,7-8,18-22H2,3-4H3,(H,41,45)/t23-,25?,28-,29+,31-,32+,33-,34-,38+/m0/s1. The van der Waals surface area contributed by atoms with Gasteiger partial charge in [0.15, 0.2) is 0 Å². The molecule has 3 saturated heterocycles. The molecule has 0 saturated carbocycles. The molecule has 3 fully saturated rings. The van der Waals surface area contributed by atoms with E-state index in [0.29, 0.717) is 29.1 Å². The summed E-state index contributed by atoms with van der Waals surface area (Å²) in [5.41, 5.74) is -0.294. The molecule has 3 aliphatic rings. The van der Waals surface area contributed by atoms with Crippen LogP contribution in [0.1, 0.15) is 51.2 Å². The lowest BCUT2D eigenvalue weighted by molar-refractivity contribution is -0.161. The number of likely N-dealkylation sites (tertiary alicyclic amines) is 1. The molecule has 0 aromatic heterocycles. The van der Waals surface area contributed by atoms with E-state index in [1.807, 2.05) is 32.0 Å². The molecule has 1 unspecified atom stereocenters. The number of halogens is 2. The number of anilines is 1. The van der Waals surface area contributed by atoms with Gasteiger partial charge in [-0.3, -0.25) is 19.2 Å². The van der Waals surface area contributed by atoms with Gasteiger partial charge >= 0.3 is 5.97 Å². The van der Waals surface area contributed by atoms with Gasteiger partial charge in [0, 0.05) is 17.8 Å². The minimum atomic E-state index is -1.40. The van der Waals surface area contributed by atoms with Crippen LogP contribution in [0.5, 0.6) is 0 Å². The summed E-state index contributed by atoms with van der Waals surface area (Å²) in [5.74, 6) is -4.08. The predicted octanol–water partition coefficient (Wildman–Crippen LogP) is 5.38. The van der Waals surface area contributed by atoms with Gasteiger partial charge in [-0.2, -0.15) is 0 Å². The van der Waals surface area contributed by atoms with Crippen molar-refractivity contribution < 1.29 is 33.8 Å². The number of aliphatic hydroxyl groups excluding tert-OH is 1. The predicted molar refractivity (Wildman–Crippen MR) is 195 cm³/mol. The van der Waals surface area contributed by atoms with Crippen molar-refractivity contribution in [1.29, 1.82) is 0 Å². The van der Waals surface area contributed by atoms with Gasteiger partial charge in [0.25, 0.3) is 5.91 Å². The first-order chi connectivity index (χ1) is 24.0. The molecule has 2 N–H and O–H groups in total. The summed E-state index contributed by atoms with van der Waals surface area (Å²) in [7, 11) is 0. The van der Waals surface area contributed by atoms with Crippen LogP contribution in [0.15, 0.2) is 79.9 Å². The van der Waals surface area contributed by atoms with Gasteiger partial charge in [0.1, 0.15) is 17.7 Å². The summed E-state index contributed by atoms with van der Waals surface area (Å²) < 4.78 is 12.9. The molecule has 2 bridgehead atoms. The van der Waals surface area contributed by atoms with Crippen molar-refractivity contribution in [2.45, 2.75) is 74.3 Å². The van der Waals surface area contributed by atoms with Crippen LogP contribution in [0.3, 0.4) is 0 Å². The quantitative estimate of drug-likeness (QED) is 0.134. The molecule has 50 heavy (non-hydrogen) atoms. The van der Waals surface area contributed by atoms with Crippen LogP contribution < -0.4 is 10.2 Å². The molecular weight excluding hydrogens is 726 g/mol. The lowest BCUT2D eigenvalue weighted by Gasteiger charge is -2.41. The van der Waals surface area contributed by atoms with E-state index in [1.54, 1.807) is 48.6 Å². The molecule has 12 heteroatoms. The molecule has 3 amide bonds. The summed E-state index contributed by atoms with van der Waals surface area (Å²) in [6.07, 6.45) is 3.27. The monoisotopic (exact) mass is 769 g/mol. The minimum absolute atomic E-state index is 0.0215. The maximum atomic E-state index is 15.0. The van der Waals surface area contributed by atoms with Crippen LogP contribution in [0, 0.1) is 17.8 Å². The van der Waals surface area contributed by atoms with E-state index in [-0.39, 0.29) is 42.6 Å². The number of nitrogens with zero attached hydrogens (tertiary/aromatic N) is 2. The van der Waals surface area contributed by atoms with Crippen molar-refractivity contribution in [3.8, 4) is 0 Å². The van der Waals surface area contributed by atoms with Crippen molar-refractivity contribution in [2.24, 2.45) is 17.8 Å². The Morgan fingerprint density at radius 2 is 1.88 bits per heavy atom. The average Bonchev–Trinajstić information content (AvgIpc) is 3.72. The fourth-order valence-corrected chi connectivity index (χ4v) is 8.86. The number of fused-ring (bicyclic) bond motifs is 1. The molecule has 0 radical (unpaired) electrons. The van der Waals surface area contributed by atoms with E-state index in [9.17, 15) is 24.3 Å². The molecule has 3 aliphatic heterocycles. The zero-order chi connectivity index (χ0) is 36.2. The second-order valence-electron chi connectivity index (χ2n) is 13.2. The first-order valence-electron chi connectivity index (χ1n) is 17.1. The number of hydrogen-bond donors (Lipinski definition) is 2. The Balaban J connectivity index is 1.54. The average molecular weight is 771 g/mol. The summed E-state index contributed by atoms with van der Waals surface area (Å²) in [5, 5.41) is 13.9. The van der Waals surface area contributed by atoms with Gasteiger partial charge in [0.2, 0.25) is 11.8 Å². The first-order valence-corrected chi connectivity index (χ1v) is 18.4. The lowest BCUT2D eigenvalue weighted by Crippen LogP contribution is -2.60. The summed E-state index contributed by atoms with van der Waals surface area (Å²) in [6, 6.07) is 14.1. The molecule has 3 heterocycles. The van der Waals surface area contributed by atoms with Gasteiger partial charge in [-0.05, 0) is 36.5 Å². The molecule has 2 aromatic rings. The third-order valence-corrected chi connectivity index (χ3v) is 11.5. The van der Waals surface area contributed by atoms with Gasteiger partial charge < -0.3 is 29.7 Å². The van der Waals surface area contributed by atoms with E-state index in [4.69, 9.17) is 21.1 Å². The van der Waals surface area contributed by atoms with Crippen LogP contribution in [-0.2, 0) is 28.7 Å². The zero-order valence-electron chi connectivity index (χ0n) is 28.4. The molecule has 2 aromatic carbocycles. The molecule has 0 aliphatic carbocycles. The second kappa shape index (κ2) is 16.2. The van der Waals surface area contributed by atoms with Gasteiger partial charge in [-0.15, -0.1) is 13.2 Å². The van der Waals surface area contributed by atoms with Crippen molar-refractivity contribution in [1.82, 2.24) is 10.2 Å². The van der Waals surface area contributed by atoms with Gasteiger partial charge in [-0.1, -0.05) is 102 Å². The largest absolute Gasteiger partial charge is 0.455 e. The highest BCUT2D eigenvalue weighted by Crippen LogP contribution is 2.61. The SMILES string of the molecule is C=CCCC(=O)NC[C@@H](OC(=O)[C@@H]1[C@H]2O[C@@]3(CC2Br)[C@H](C(=O)N(CC=C)c2ccccc2Cl)N([C@@H](CO)[C@@H](C)CC)C(=O)[C@@H]13)c1ccccc1. The van der Waals surface area contributed by atoms with E-state index < -0.39 is 66.1 Å². The van der Waals surface area contributed by atoms with Crippen LogP contribution in [0.25, 0.3) is 0 Å². The number of alkyl halides is 1. The zero-order valence-corrected chi connectivity index (χ0v) is 30.7. The number of carbonyl (C=O) groups is 4. The Labute approximate surface area is 306 Å². The summed E-state index contributed by atoms with van der Waals surface area (Å²) >= 11 is 10.3. The molecule has 10 nitrogen and oxygen atoms in total. The van der Waals surface area contributed by atoms with Crippen molar-refractivity contribution in [2.75, 3.05) is 24.6 Å². The van der Waals surface area contributed by atoms with E-state index in [1.165, 1.54) is 9.80 Å². The molecule has 268 valence electrons. The Morgan fingerprint density at radius 1 is 1.18 bits per heavy atom. The highest BCUT2D eigenvalue weighted by atomic mass is 79.9. The van der Waals surface area contributed by atoms with Gasteiger partial charge in [-0.25, -0.2) is 0 Å². The number of carbonyl (C=O) groups excluding carboxylic acids is 4. The van der Waals surface area contributed by atoms with Crippen LogP contribution in [0.4, 0.5) is 5.69 Å². The molecule has 5 rings (SSSR count). The van der Waals surface area contributed by atoms with Gasteiger partial charge in [0.05, 0.1) is 47.8 Å². The number of allylic oxidation sites excluding steroid dienone is 1. The number of nitrogens with one attached hydrogen (secondary N) is 1. The third kappa shape index (κ3) is 7.02. The number of para-hydroxylation sites is 1. The Hall–Kier alpha value is -3.51. The number of benzene rings is 2. The molecule has 1 spiro atoms. The van der Waals surface area contributed by atoms with E-state index in [2.05, 4.69) is 34.4 Å². The van der Waals surface area contributed by atoms with Crippen molar-refractivity contribution in [3.63, 3.8) is 0 Å². The number of hydrogen-bond acceptors (Lipinski definition) is 7. The van der Waals surface area contributed by atoms with Crippen molar-refractivity contribution in [3.05, 3.63) is 90.5 Å². The highest BCUT2D eigenvalue weighted by Gasteiger charge is 2.78. The fourth-order valence-electron chi connectivity index (χ4n) is 7.68. The van der Waals surface area contributed by atoms with E-state index in [0.717, 1.165) is 0 Å². The molecule has 9 atom stereocenters. The highest BCUT2D eigenvalue weighted by molar-refractivity contribution is 9.09. The maximum Gasteiger partial charge on any atom is 0.313 e. The number of rotatable bonds is 16. The lowest BCUT2D eigenvalue weighted by atomic mass is 9.70. The summed E-state index contributed by atoms with van der Waals surface area (Å²) in [6.45, 7) is 11.1. The topological polar surface area (TPSA) is 125 Å². The Bertz CT molecular complexity index is 1590. The van der Waals surface area contributed by atoms with Crippen LogP contribution in [0.2, 0.25) is 5.02 Å². The minimum Gasteiger partial charge on any atom is -0.455 e. The van der Waals surface area contributed by atoms with Crippen molar-refractivity contribution >= 4 is 56.9 Å². The first kappa shape index (κ1) is 37.7. The number of esters is 1. The van der Waals surface area contributed by atoms with Crippen LogP contribution in [-0.4, -0.2) is 82.0 Å². The number of amides is 3. The third-order valence-electron chi connectivity index (χ3n) is 10.3. The number of aliphatic hydroxyl groups is 1. The normalized spacial score (nSPS) is 26.9. The number of ether oxygens (including phenoxy) is 2. The van der Waals surface area contributed by atoms with E-state index >= 15 is 0 Å². The Kier molecular flexibility index (Phi) is 12.2. The smallest absolute Gasteiger partial charge is 0.313 e. The van der Waals surface area contributed by atoms with Crippen LogP contribution >= 0.6 is 27.5 Å².